The average Bonchev–Trinajstić information content (AvgIpc) is 2.85. The van der Waals surface area contributed by atoms with E-state index in [9.17, 15) is 14.3 Å². The molecule has 1 atom stereocenters. The van der Waals surface area contributed by atoms with Crippen LogP contribution in [0.25, 0.3) is 0 Å². The lowest BCUT2D eigenvalue weighted by molar-refractivity contribution is -0.141. The van der Waals surface area contributed by atoms with Crippen molar-refractivity contribution in [1.29, 1.82) is 0 Å². The maximum Gasteiger partial charge on any atom is 0.307 e. The number of halogens is 1. The molecule has 1 aromatic carbocycles. The van der Waals surface area contributed by atoms with E-state index in [2.05, 4.69) is 10.1 Å². The van der Waals surface area contributed by atoms with E-state index in [4.69, 9.17) is 0 Å². The van der Waals surface area contributed by atoms with Crippen LogP contribution in [0.15, 0.2) is 30.6 Å². The van der Waals surface area contributed by atoms with Crippen LogP contribution in [0.3, 0.4) is 0 Å². The number of benzene rings is 1. The Morgan fingerprint density at radius 2 is 2.25 bits per heavy atom. The summed E-state index contributed by atoms with van der Waals surface area (Å²) in [5.41, 5.74) is 0.667. The van der Waals surface area contributed by atoms with Crippen molar-refractivity contribution in [2.75, 3.05) is 0 Å². The molecular formula is C14H16FN3O2. The van der Waals surface area contributed by atoms with Crippen molar-refractivity contribution in [2.24, 2.45) is 5.92 Å². The number of rotatable bonds is 6. The summed E-state index contributed by atoms with van der Waals surface area (Å²) in [4.78, 5) is 15.4. The van der Waals surface area contributed by atoms with Crippen molar-refractivity contribution in [3.63, 3.8) is 0 Å². The van der Waals surface area contributed by atoms with Crippen LogP contribution in [0.1, 0.15) is 18.3 Å². The van der Waals surface area contributed by atoms with E-state index in [0.29, 0.717) is 17.9 Å². The van der Waals surface area contributed by atoms with Gasteiger partial charge in [0.25, 0.3) is 0 Å². The van der Waals surface area contributed by atoms with Crippen LogP contribution in [0, 0.1) is 11.7 Å². The molecule has 1 aromatic heterocycles. The SMILES string of the molecule is CCn1ncnc1CC(Cc1cccc(F)c1)C(=O)O. The van der Waals surface area contributed by atoms with Gasteiger partial charge in [0.15, 0.2) is 0 Å². The van der Waals surface area contributed by atoms with Gasteiger partial charge >= 0.3 is 5.97 Å². The van der Waals surface area contributed by atoms with Crippen molar-refractivity contribution in [3.8, 4) is 0 Å². The monoisotopic (exact) mass is 277 g/mol. The molecule has 0 saturated heterocycles. The third-order valence-corrected chi connectivity index (χ3v) is 3.14. The molecule has 1 heterocycles. The summed E-state index contributed by atoms with van der Waals surface area (Å²) in [6.07, 6.45) is 1.96. The van der Waals surface area contributed by atoms with Crippen LogP contribution in [-0.4, -0.2) is 25.8 Å². The predicted molar refractivity (Wildman–Crippen MR) is 70.6 cm³/mol. The lowest BCUT2D eigenvalue weighted by Gasteiger charge is -2.12. The van der Waals surface area contributed by atoms with Crippen LogP contribution >= 0.6 is 0 Å². The minimum absolute atomic E-state index is 0.268. The van der Waals surface area contributed by atoms with Gasteiger partial charge in [-0.3, -0.25) is 9.48 Å². The van der Waals surface area contributed by atoms with Crippen molar-refractivity contribution in [2.45, 2.75) is 26.3 Å². The summed E-state index contributed by atoms with van der Waals surface area (Å²) in [5.74, 6) is -1.29. The van der Waals surface area contributed by atoms with Gasteiger partial charge in [0.05, 0.1) is 5.92 Å². The van der Waals surface area contributed by atoms with Crippen LogP contribution < -0.4 is 0 Å². The zero-order valence-corrected chi connectivity index (χ0v) is 11.2. The highest BCUT2D eigenvalue weighted by Gasteiger charge is 2.21. The number of carbonyl (C=O) groups is 1. The summed E-state index contributed by atoms with van der Waals surface area (Å²) < 4.78 is 14.8. The Kier molecular flexibility index (Phi) is 4.45. The lowest BCUT2D eigenvalue weighted by atomic mass is 9.96. The molecule has 0 amide bonds. The highest BCUT2D eigenvalue weighted by molar-refractivity contribution is 5.70. The second-order valence-corrected chi connectivity index (χ2v) is 4.57. The van der Waals surface area contributed by atoms with Gasteiger partial charge in [0.2, 0.25) is 0 Å². The molecule has 0 radical (unpaired) electrons. The minimum atomic E-state index is -0.917. The Balaban J connectivity index is 2.14. The third-order valence-electron chi connectivity index (χ3n) is 3.14. The Labute approximate surface area is 116 Å². The van der Waals surface area contributed by atoms with Gasteiger partial charge in [0, 0.05) is 13.0 Å². The van der Waals surface area contributed by atoms with Crippen molar-refractivity contribution >= 4 is 5.97 Å². The van der Waals surface area contributed by atoms with Gasteiger partial charge in [-0.15, -0.1) is 0 Å². The standard InChI is InChI=1S/C14H16FN3O2/c1-2-18-13(16-9-17-18)8-11(14(19)20)6-10-4-3-5-12(15)7-10/h3-5,7,9,11H,2,6,8H2,1H3,(H,19,20). The first-order chi connectivity index (χ1) is 9.60. The smallest absolute Gasteiger partial charge is 0.307 e. The molecular weight excluding hydrogens is 261 g/mol. The first-order valence-electron chi connectivity index (χ1n) is 6.44. The molecule has 2 aromatic rings. The third kappa shape index (κ3) is 3.40. The maximum atomic E-state index is 13.1. The predicted octanol–water partition coefficient (Wildman–Crippen LogP) is 1.92. The molecule has 0 fully saturated rings. The van der Waals surface area contributed by atoms with Gasteiger partial charge in [-0.2, -0.15) is 5.10 Å². The Morgan fingerprint density at radius 1 is 1.45 bits per heavy atom. The second-order valence-electron chi connectivity index (χ2n) is 4.57. The van der Waals surface area contributed by atoms with E-state index >= 15 is 0 Å². The summed E-state index contributed by atoms with van der Waals surface area (Å²) in [7, 11) is 0. The lowest BCUT2D eigenvalue weighted by Crippen LogP contribution is -2.21. The zero-order chi connectivity index (χ0) is 14.5. The normalized spacial score (nSPS) is 12.3. The molecule has 1 unspecified atom stereocenters. The fourth-order valence-electron chi connectivity index (χ4n) is 2.13. The quantitative estimate of drug-likeness (QED) is 0.876. The van der Waals surface area contributed by atoms with E-state index < -0.39 is 11.9 Å². The Hall–Kier alpha value is -2.24. The number of aliphatic carboxylic acids is 1. The Bertz CT molecular complexity index is 598. The van der Waals surface area contributed by atoms with E-state index in [1.54, 1.807) is 16.8 Å². The molecule has 6 heteroatoms. The fourth-order valence-corrected chi connectivity index (χ4v) is 2.13. The molecule has 1 N–H and O–H groups in total. The number of hydrogen-bond acceptors (Lipinski definition) is 3. The van der Waals surface area contributed by atoms with E-state index in [1.165, 1.54) is 18.5 Å². The first kappa shape index (κ1) is 14.2. The van der Waals surface area contributed by atoms with Crippen LogP contribution in [0.4, 0.5) is 4.39 Å². The van der Waals surface area contributed by atoms with Gasteiger partial charge in [-0.05, 0) is 31.0 Å². The van der Waals surface area contributed by atoms with Crippen molar-refractivity contribution in [3.05, 3.63) is 47.8 Å². The summed E-state index contributed by atoms with van der Waals surface area (Å²) in [6, 6.07) is 6.01. The molecule has 0 aliphatic heterocycles. The average molecular weight is 277 g/mol. The summed E-state index contributed by atoms with van der Waals surface area (Å²) >= 11 is 0. The molecule has 0 aliphatic carbocycles. The van der Waals surface area contributed by atoms with Crippen LogP contribution in [-0.2, 0) is 24.2 Å². The minimum Gasteiger partial charge on any atom is -0.481 e. The molecule has 0 spiro atoms. The zero-order valence-electron chi connectivity index (χ0n) is 11.2. The Morgan fingerprint density at radius 3 is 2.90 bits per heavy atom. The van der Waals surface area contributed by atoms with Gasteiger partial charge in [-0.25, -0.2) is 9.37 Å². The number of hydrogen-bond donors (Lipinski definition) is 1. The van der Waals surface area contributed by atoms with Gasteiger partial charge < -0.3 is 5.11 Å². The second kappa shape index (κ2) is 6.27. The molecule has 0 saturated carbocycles. The first-order valence-corrected chi connectivity index (χ1v) is 6.44. The van der Waals surface area contributed by atoms with Crippen LogP contribution in [0.2, 0.25) is 0 Å². The number of nitrogens with zero attached hydrogens (tertiary/aromatic N) is 3. The highest BCUT2D eigenvalue weighted by Crippen LogP contribution is 2.15. The number of aromatic nitrogens is 3. The fraction of sp³-hybridized carbons (Fsp3) is 0.357. The highest BCUT2D eigenvalue weighted by atomic mass is 19.1. The molecule has 2 rings (SSSR count). The summed E-state index contributed by atoms with van der Waals surface area (Å²) in [5, 5.41) is 13.3. The molecule has 5 nitrogen and oxygen atoms in total. The molecule has 0 bridgehead atoms. The van der Waals surface area contributed by atoms with Crippen LogP contribution in [0.5, 0.6) is 0 Å². The number of carboxylic acid groups (broad SMARTS) is 1. The summed E-state index contributed by atoms with van der Waals surface area (Å²) in [6.45, 7) is 2.56. The van der Waals surface area contributed by atoms with Gasteiger partial charge in [0.1, 0.15) is 18.0 Å². The molecule has 20 heavy (non-hydrogen) atoms. The van der Waals surface area contributed by atoms with E-state index in [0.717, 1.165) is 0 Å². The van der Waals surface area contributed by atoms with Crippen molar-refractivity contribution < 1.29 is 14.3 Å². The molecule has 106 valence electrons. The topological polar surface area (TPSA) is 68.0 Å². The number of aryl methyl sites for hydroxylation is 1. The van der Waals surface area contributed by atoms with Crippen molar-refractivity contribution in [1.82, 2.24) is 14.8 Å². The maximum absolute atomic E-state index is 13.1. The number of carboxylic acids is 1. The largest absolute Gasteiger partial charge is 0.481 e. The van der Waals surface area contributed by atoms with E-state index in [1.807, 2.05) is 6.92 Å². The van der Waals surface area contributed by atoms with E-state index in [-0.39, 0.29) is 18.7 Å². The molecule has 0 aliphatic rings. The van der Waals surface area contributed by atoms with Gasteiger partial charge in [-0.1, -0.05) is 12.1 Å².